The second kappa shape index (κ2) is 12.5. The summed E-state index contributed by atoms with van der Waals surface area (Å²) in [7, 11) is 1.97. The van der Waals surface area contributed by atoms with Crippen LogP contribution in [0.2, 0.25) is 0 Å². The van der Waals surface area contributed by atoms with Gasteiger partial charge in [-0.25, -0.2) is 15.0 Å². The van der Waals surface area contributed by atoms with Crippen LogP contribution in [0.4, 0.5) is 5.82 Å². The zero-order chi connectivity index (χ0) is 30.9. The molecule has 1 amide bonds. The first-order valence-electron chi connectivity index (χ1n) is 15.7. The monoisotopic (exact) mass is 619 g/mol. The number of piperidine rings is 1. The van der Waals surface area contributed by atoms with Crippen LogP contribution in [0, 0.1) is 0 Å². The zero-order valence-corrected chi connectivity index (χ0v) is 26.3. The lowest BCUT2D eigenvalue weighted by Crippen LogP contribution is -2.43. The Labute approximate surface area is 266 Å². The van der Waals surface area contributed by atoms with Gasteiger partial charge in [0.25, 0.3) is 0 Å². The summed E-state index contributed by atoms with van der Waals surface area (Å²) in [5.74, 6) is 1.84. The van der Waals surface area contributed by atoms with E-state index in [0.717, 1.165) is 82.7 Å². The third-order valence-corrected chi connectivity index (χ3v) is 10.0. The van der Waals surface area contributed by atoms with Gasteiger partial charge in [0, 0.05) is 36.9 Å². The molecule has 3 N–H and O–H groups in total. The molecule has 2 fully saturated rings. The summed E-state index contributed by atoms with van der Waals surface area (Å²) < 4.78 is 2.10. The highest BCUT2D eigenvalue weighted by Crippen LogP contribution is 2.42. The quantitative estimate of drug-likeness (QED) is 0.244. The van der Waals surface area contributed by atoms with Crippen LogP contribution in [-0.2, 0) is 17.6 Å². The maximum atomic E-state index is 11.1. The highest BCUT2D eigenvalue weighted by atomic mass is 32.1. The van der Waals surface area contributed by atoms with Crippen molar-refractivity contribution in [2.45, 2.75) is 56.9 Å². The molecule has 10 nitrogen and oxygen atoms in total. The molecule has 4 aromatic heterocycles. The Balaban J connectivity index is 0.000000230. The maximum Gasteiger partial charge on any atom is 0.245 e. The van der Waals surface area contributed by atoms with Crippen LogP contribution in [0.5, 0.6) is 0 Å². The summed E-state index contributed by atoms with van der Waals surface area (Å²) in [5, 5.41) is 14.0. The molecule has 1 aliphatic heterocycles. The summed E-state index contributed by atoms with van der Waals surface area (Å²) in [6.45, 7) is 5.18. The molecule has 0 spiro atoms. The van der Waals surface area contributed by atoms with Gasteiger partial charge in [-0.15, -0.1) is 10.2 Å². The number of likely N-dealkylation sites (tertiary alicyclic amines) is 1. The van der Waals surface area contributed by atoms with Gasteiger partial charge >= 0.3 is 0 Å². The number of nitrogens with one attached hydrogen (secondary N) is 1. The molecular formula is C34H37N9OS. The number of nitrogens with zero attached hydrogens (tertiary/aromatic N) is 7. The highest BCUT2D eigenvalue weighted by molar-refractivity contribution is 7.14. The average molecular weight is 620 g/mol. The van der Waals surface area contributed by atoms with Gasteiger partial charge in [0.15, 0.2) is 16.5 Å². The number of aryl methyl sites for hydroxylation is 2. The molecule has 0 radical (unpaired) electrons. The lowest BCUT2D eigenvalue weighted by molar-refractivity contribution is -0.127. The minimum atomic E-state index is 0.0598. The van der Waals surface area contributed by atoms with Crippen LogP contribution in [0.15, 0.2) is 61.3 Å². The first kappa shape index (κ1) is 29.2. The molecule has 0 atom stereocenters. The van der Waals surface area contributed by atoms with E-state index in [1.54, 1.807) is 17.5 Å². The fraction of sp³-hybridized carbons (Fsp3) is 0.353. The summed E-state index contributed by atoms with van der Waals surface area (Å²) in [5.41, 5.74) is 13.3. The summed E-state index contributed by atoms with van der Waals surface area (Å²) in [6.07, 6.45) is 11.1. The molecule has 45 heavy (non-hydrogen) atoms. The summed E-state index contributed by atoms with van der Waals surface area (Å²) >= 11 is 1.64. The van der Waals surface area contributed by atoms with Crippen LogP contribution in [-0.4, -0.2) is 66.7 Å². The lowest BCUT2D eigenvalue weighted by atomic mass is 10.1. The van der Waals surface area contributed by atoms with E-state index in [9.17, 15) is 4.79 Å². The predicted octanol–water partition coefficient (Wildman–Crippen LogP) is 5.33. The van der Waals surface area contributed by atoms with Gasteiger partial charge in [0.2, 0.25) is 5.91 Å². The Kier molecular flexibility index (Phi) is 8.12. The molecule has 2 aliphatic carbocycles. The number of imidazole rings is 1. The Morgan fingerprint density at radius 1 is 1.04 bits per heavy atom. The molecule has 1 aromatic carbocycles. The topological polar surface area (TPSA) is 128 Å². The molecule has 230 valence electrons. The number of nitrogens with two attached hydrogens (primary N) is 1. The minimum Gasteiger partial charge on any atom is -0.383 e. The molecule has 11 heteroatoms. The second-order valence-electron chi connectivity index (χ2n) is 11.9. The number of hydrogen-bond donors (Lipinski definition) is 2. The summed E-state index contributed by atoms with van der Waals surface area (Å²) in [6, 6.07) is 15.1. The van der Waals surface area contributed by atoms with E-state index in [0.29, 0.717) is 17.8 Å². The number of nitrogen functional groups attached to an aromatic ring is 1. The van der Waals surface area contributed by atoms with Crippen LogP contribution in [0.3, 0.4) is 0 Å². The van der Waals surface area contributed by atoms with Gasteiger partial charge in [0.1, 0.15) is 22.0 Å². The molecule has 1 saturated carbocycles. The average Bonchev–Trinajstić information content (AvgIpc) is 3.45. The molecule has 5 aromatic rings. The Bertz CT molecular complexity index is 1870. The number of anilines is 1. The van der Waals surface area contributed by atoms with E-state index >= 15 is 0 Å². The highest BCUT2D eigenvalue weighted by Gasteiger charge is 2.28. The van der Waals surface area contributed by atoms with Crippen molar-refractivity contribution in [3.05, 3.63) is 77.5 Å². The number of aromatic nitrogens is 6. The summed E-state index contributed by atoms with van der Waals surface area (Å²) in [4.78, 5) is 27.3. The molecule has 0 bridgehead atoms. The third-order valence-electron chi connectivity index (χ3n) is 8.90. The van der Waals surface area contributed by atoms with Crippen molar-refractivity contribution in [3.8, 4) is 27.8 Å². The number of pyridine rings is 2. The van der Waals surface area contributed by atoms with Crippen molar-refractivity contribution in [1.29, 1.82) is 0 Å². The van der Waals surface area contributed by atoms with E-state index in [2.05, 4.69) is 49.8 Å². The van der Waals surface area contributed by atoms with E-state index in [1.807, 2.05) is 36.2 Å². The van der Waals surface area contributed by atoms with Gasteiger partial charge in [-0.1, -0.05) is 24.0 Å². The Hall–Kier alpha value is -4.48. The normalized spacial score (nSPS) is 16.3. The zero-order valence-electron chi connectivity index (χ0n) is 25.4. The molecule has 0 unspecified atom stereocenters. The van der Waals surface area contributed by atoms with E-state index in [-0.39, 0.29) is 5.91 Å². The molecule has 1 saturated heterocycles. The standard InChI is InChI=1S/C25H21N7S.C9H16N2O/c26-21-18(5-2-12-27-21)22-28-19-10-11-20(25-31-30-24(33-25)15-6-7-15)29-23(19)32(22)17-9-8-14-3-1-4-16(14)13-17;1-3-9(12)11-6-4-8(10-2)5-7-11/h2,5,8-13,15H,1,3-4,6-7H2,(H2,26,27);3,8,10H,1,4-7H2,2H3. The SMILES string of the molecule is C=CC(=O)N1CCC(NC)CC1.Nc1ncccc1-c1nc2ccc(-c3nnc(C4CC4)s3)nc2n1-c1ccc2c(c1)CCC2. The van der Waals surface area contributed by atoms with Crippen molar-refractivity contribution in [2.24, 2.45) is 0 Å². The van der Waals surface area contributed by atoms with Crippen LogP contribution < -0.4 is 11.1 Å². The molecule has 8 rings (SSSR count). The van der Waals surface area contributed by atoms with E-state index in [4.69, 9.17) is 15.7 Å². The van der Waals surface area contributed by atoms with Gasteiger partial charge < -0.3 is 16.0 Å². The van der Waals surface area contributed by atoms with Gasteiger partial charge in [-0.3, -0.25) is 9.36 Å². The van der Waals surface area contributed by atoms with E-state index < -0.39 is 0 Å². The Morgan fingerprint density at radius 2 is 1.87 bits per heavy atom. The van der Waals surface area contributed by atoms with Crippen LogP contribution in [0.25, 0.3) is 38.9 Å². The fourth-order valence-corrected chi connectivity index (χ4v) is 7.14. The van der Waals surface area contributed by atoms with Crippen LogP contribution >= 0.6 is 11.3 Å². The van der Waals surface area contributed by atoms with Crippen molar-refractivity contribution >= 4 is 34.2 Å². The van der Waals surface area contributed by atoms with Crippen LogP contribution in [0.1, 0.15) is 54.2 Å². The molecule has 3 aliphatic rings. The number of carbonyl (C=O) groups is 1. The van der Waals surface area contributed by atoms with E-state index in [1.165, 1.54) is 36.5 Å². The number of carbonyl (C=O) groups excluding carboxylic acids is 1. The largest absolute Gasteiger partial charge is 0.383 e. The minimum absolute atomic E-state index is 0.0598. The number of benzene rings is 1. The maximum absolute atomic E-state index is 11.1. The van der Waals surface area contributed by atoms with Gasteiger partial charge in [-0.05, 0) is 106 Å². The molecule has 5 heterocycles. The number of hydrogen-bond acceptors (Lipinski definition) is 9. The first-order valence-corrected chi connectivity index (χ1v) is 16.5. The van der Waals surface area contributed by atoms with Crippen molar-refractivity contribution in [3.63, 3.8) is 0 Å². The van der Waals surface area contributed by atoms with Crippen molar-refractivity contribution < 1.29 is 4.79 Å². The van der Waals surface area contributed by atoms with Gasteiger partial charge in [-0.2, -0.15) is 0 Å². The second-order valence-corrected chi connectivity index (χ2v) is 12.9. The Morgan fingerprint density at radius 3 is 2.62 bits per heavy atom. The fourth-order valence-electron chi connectivity index (χ4n) is 6.16. The molecular weight excluding hydrogens is 583 g/mol. The number of rotatable bonds is 6. The smallest absolute Gasteiger partial charge is 0.245 e. The first-order chi connectivity index (χ1) is 22.0. The van der Waals surface area contributed by atoms with Crippen molar-refractivity contribution in [2.75, 3.05) is 25.9 Å². The number of fused-ring (bicyclic) bond motifs is 2. The predicted molar refractivity (Wildman–Crippen MR) is 178 cm³/mol. The number of amides is 1. The van der Waals surface area contributed by atoms with Crippen molar-refractivity contribution in [1.82, 2.24) is 39.9 Å². The lowest BCUT2D eigenvalue weighted by Gasteiger charge is -2.30. The third kappa shape index (κ3) is 5.97. The van der Waals surface area contributed by atoms with Gasteiger partial charge in [0.05, 0.1) is 5.56 Å².